The van der Waals surface area contributed by atoms with Crippen LogP contribution in [0.3, 0.4) is 0 Å². The molecule has 0 radical (unpaired) electrons. The number of amides is 1. The summed E-state index contributed by atoms with van der Waals surface area (Å²) in [4.78, 5) is 16.8. The summed E-state index contributed by atoms with van der Waals surface area (Å²) in [7, 11) is 0. The summed E-state index contributed by atoms with van der Waals surface area (Å²) >= 11 is 0. The van der Waals surface area contributed by atoms with E-state index in [-0.39, 0.29) is 11.9 Å². The van der Waals surface area contributed by atoms with E-state index in [1.54, 1.807) is 0 Å². The van der Waals surface area contributed by atoms with Crippen molar-refractivity contribution in [2.24, 2.45) is 0 Å². The van der Waals surface area contributed by atoms with E-state index >= 15 is 0 Å². The van der Waals surface area contributed by atoms with Gasteiger partial charge in [-0.1, -0.05) is 25.1 Å². The standard InChI is InChI=1S/C23H29N3O2/c1-5-8-22(27)24-18(4)23-25-20-9-6-7-10-21(20)26(23)13-14-28-19-12-11-16(2)17(3)15-19/h6-7,9-12,15,18H,5,8,13-14H2,1-4H3,(H,24,27). The van der Waals surface area contributed by atoms with E-state index in [4.69, 9.17) is 9.72 Å². The van der Waals surface area contributed by atoms with Gasteiger partial charge in [0.2, 0.25) is 5.91 Å². The fourth-order valence-corrected chi connectivity index (χ4v) is 3.32. The van der Waals surface area contributed by atoms with Crippen LogP contribution in [0.25, 0.3) is 11.0 Å². The quantitative estimate of drug-likeness (QED) is 0.617. The zero-order chi connectivity index (χ0) is 20.1. The third-order valence-electron chi connectivity index (χ3n) is 4.99. The minimum absolute atomic E-state index is 0.0555. The topological polar surface area (TPSA) is 56.2 Å². The molecule has 0 aliphatic heterocycles. The molecule has 1 amide bonds. The molecule has 3 aromatic rings. The molecule has 2 aromatic carbocycles. The Morgan fingerprint density at radius 1 is 1.18 bits per heavy atom. The molecule has 5 heteroatoms. The average Bonchev–Trinajstić information content (AvgIpc) is 3.04. The molecule has 1 aromatic heterocycles. The summed E-state index contributed by atoms with van der Waals surface area (Å²) in [6, 6.07) is 14.0. The molecular weight excluding hydrogens is 350 g/mol. The van der Waals surface area contributed by atoms with Gasteiger partial charge in [-0.3, -0.25) is 4.79 Å². The molecule has 0 saturated carbocycles. The van der Waals surface area contributed by atoms with Crippen LogP contribution in [-0.2, 0) is 11.3 Å². The number of carbonyl (C=O) groups is 1. The van der Waals surface area contributed by atoms with Crippen molar-refractivity contribution >= 4 is 16.9 Å². The summed E-state index contributed by atoms with van der Waals surface area (Å²) < 4.78 is 8.13. The Morgan fingerprint density at radius 2 is 1.96 bits per heavy atom. The maximum Gasteiger partial charge on any atom is 0.220 e. The number of aromatic nitrogens is 2. The number of ether oxygens (including phenoxy) is 1. The van der Waals surface area contributed by atoms with Crippen LogP contribution in [0.5, 0.6) is 5.75 Å². The van der Waals surface area contributed by atoms with E-state index in [0.29, 0.717) is 19.6 Å². The number of nitrogens with one attached hydrogen (secondary N) is 1. The first-order valence-corrected chi connectivity index (χ1v) is 9.94. The largest absolute Gasteiger partial charge is 0.492 e. The molecular formula is C23H29N3O2. The van der Waals surface area contributed by atoms with Gasteiger partial charge in [0.05, 0.1) is 23.6 Å². The number of hydrogen-bond acceptors (Lipinski definition) is 3. The minimum Gasteiger partial charge on any atom is -0.492 e. The first-order valence-electron chi connectivity index (χ1n) is 9.94. The van der Waals surface area contributed by atoms with Crippen LogP contribution in [0.4, 0.5) is 0 Å². The molecule has 0 aliphatic rings. The van der Waals surface area contributed by atoms with Crippen LogP contribution in [-0.4, -0.2) is 22.1 Å². The van der Waals surface area contributed by atoms with E-state index in [1.165, 1.54) is 11.1 Å². The van der Waals surface area contributed by atoms with E-state index in [0.717, 1.165) is 29.0 Å². The number of carbonyl (C=O) groups excluding carboxylic acids is 1. The Bertz CT molecular complexity index is 962. The molecule has 0 saturated heterocycles. The van der Waals surface area contributed by atoms with Gasteiger partial charge in [-0.15, -0.1) is 0 Å². The van der Waals surface area contributed by atoms with Gasteiger partial charge in [-0.05, 0) is 62.6 Å². The van der Waals surface area contributed by atoms with Crippen LogP contribution >= 0.6 is 0 Å². The maximum atomic E-state index is 12.0. The number of nitrogens with zero attached hydrogens (tertiary/aromatic N) is 2. The van der Waals surface area contributed by atoms with Gasteiger partial charge in [0.25, 0.3) is 0 Å². The first-order chi connectivity index (χ1) is 13.5. The summed E-state index contributed by atoms with van der Waals surface area (Å²) in [5.74, 6) is 1.78. The summed E-state index contributed by atoms with van der Waals surface area (Å²) in [6.45, 7) is 9.36. The molecule has 1 unspecified atom stereocenters. The minimum atomic E-state index is -0.159. The zero-order valence-electron chi connectivity index (χ0n) is 17.2. The number of para-hydroxylation sites is 2. The Hall–Kier alpha value is -2.82. The van der Waals surface area contributed by atoms with Crippen LogP contribution < -0.4 is 10.1 Å². The second-order valence-electron chi connectivity index (χ2n) is 7.24. The number of rotatable bonds is 8. The predicted molar refractivity (Wildman–Crippen MR) is 113 cm³/mol. The Labute approximate surface area is 166 Å². The fourth-order valence-electron chi connectivity index (χ4n) is 3.32. The number of hydrogen-bond donors (Lipinski definition) is 1. The second kappa shape index (κ2) is 8.91. The third-order valence-corrected chi connectivity index (χ3v) is 4.99. The van der Waals surface area contributed by atoms with Crippen molar-refractivity contribution in [2.75, 3.05) is 6.61 Å². The fraction of sp³-hybridized carbons (Fsp3) is 0.391. The Morgan fingerprint density at radius 3 is 2.71 bits per heavy atom. The average molecular weight is 380 g/mol. The SMILES string of the molecule is CCCC(=O)NC(C)c1nc2ccccc2n1CCOc1ccc(C)c(C)c1. The van der Waals surface area contributed by atoms with Crippen molar-refractivity contribution in [2.45, 2.75) is 53.1 Å². The first kappa shape index (κ1) is 19.9. The van der Waals surface area contributed by atoms with Crippen molar-refractivity contribution in [3.63, 3.8) is 0 Å². The molecule has 0 bridgehead atoms. The number of benzene rings is 2. The monoisotopic (exact) mass is 379 g/mol. The molecule has 5 nitrogen and oxygen atoms in total. The number of fused-ring (bicyclic) bond motifs is 1. The van der Waals surface area contributed by atoms with Crippen molar-refractivity contribution in [3.8, 4) is 5.75 Å². The predicted octanol–water partition coefficient (Wildman–Crippen LogP) is 4.71. The van der Waals surface area contributed by atoms with E-state index < -0.39 is 0 Å². The van der Waals surface area contributed by atoms with E-state index in [9.17, 15) is 4.79 Å². The van der Waals surface area contributed by atoms with E-state index in [2.05, 4.69) is 41.9 Å². The molecule has 148 valence electrons. The van der Waals surface area contributed by atoms with Gasteiger partial charge in [-0.25, -0.2) is 4.98 Å². The molecule has 0 aliphatic carbocycles. The normalized spacial score (nSPS) is 12.1. The summed E-state index contributed by atoms with van der Waals surface area (Å²) in [5.41, 5.74) is 4.46. The van der Waals surface area contributed by atoms with E-state index in [1.807, 2.05) is 38.1 Å². The van der Waals surface area contributed by atoms with Gasteiger partial charge < -0.3 is 14.6 Å². The Balaban J connectivity index is 1.78. The lowest BCUT2D eigenvalue weighted by atomic mass is 10.1. The number of aryl methyl sites for hydroxylation is 2. The zero-order valence-corrected chi connectivity index (χ0v) is 17.2. The van der Waals surface area contributed by atoms with Crippen LogP contribution in [0.15, 0.2) is 42.5 Å². The Kier molecular flexibility index (Phi) is 6.34. The summed E-state index contributed by atoms with van der Waals surface area (Å²) in [5, 5.41) is 3.06. The van der Waals surface area contributed by atoms with Crippen molar-refractivity contribution in [1.82, 2.24) is 14.9 Å². The lowest BCUT2D eigenvalue weighted by Gasteiger charge is -2.17. The molecule has 0 spiro atoms. The number of imidazole rings is 1. The molecule has 0 fully saturated rings. The van der Waals surface area contributed by atoms with Gasteiger partial charge >= 0.3 is 0 Å². The highest BCUT2D eigenvalue weighted by Crippen LogP contribution is 2.22. The summed E-state index contributed by atoms with van der Waals surface area (Å²) in [6.07, 6.45) is 1.36. The lowest BCUT2D eigenvalue weighted by Crippen LogP contribution is -2.28. The van der Waals surface area contributed by atoms with Gasteiger partial charge in [0.15, 0.2) is 0 Å². The molecule has 1 N–H and O–H groups in total. The van der Waals surface area contributed by atoms with Crippen molar-refractivity contribution < 1.29 is 9.53 Å². The third kappa shape index (κ3) is 4.53. The molecule has 3 rings (SSSR count). The highest BCUT2D eigenvalue weighted by atomic mass is 16.5. The lowest BCUT2D eigenvalue weighted by molar-refractivity contribution is -0.121. The second-order valence-corrected chi connectivity index (χ2v) is 7.24. The van der Waals surface area contributed by atoms with Crippen molar-refractivity contribution in [3.05, 3.63) is 59.4 Å². The van der Waals surface area contributed by atoms with Crippen LogP contribution in [0.1, 0.15) is 49.7 Å². The van der Waals surface area contributed by atoms with Gasteiger partial charge in [0.1, 0.15) is 18.2 Å². The molecule has 1 atom stereocenters. The van der Waals surface area contributed by atoms with Crippen LogP contribution in [0.2, 0.25) is 0 Å². The van der Waals surface area contributed by atoms with Gasteiger partial charge in [0, 0.05) is 6.42 Å². The smallest absolute Gasteiger partial charge is 0.220 e. The van der Waals surface area contributed by atoms with Crippen LogP contribution in [0, 0.1) is 13.8 Å². The highest BCUT2D eigenvalue weighted by molar-refractivity contribution is 5.78. The van der Waals surface area contributed by atoms with Gasteiger partial charge in [-0.2, -0.15) is 0 Å². The maximum absolute atomic E-state index is 12.0. The molecule has 28 heavy (non-hydrogen) atoms. The molecule has 1 heterocycles. The highest BCUT2D eigenvalue weighted by Gasteiger charge is 2.18. The van der Waals surface area contributed by atoms with Crippen molar-refractivity contribution in [1.29, 1.82) is 0 Å².